The van der Waals surface area contributed by atoms with Crippen molar-refractivity contribution in [2.24, 2.45) is 11.8 Å². The van der Waals surface area contributed by atoms with Gasteiger partial charge in [0.1, 0.15) is 5.69 Å². The van der Waals surface area contributed by atoms with Crippen molar-refractivity contribution in [2.45, 2.75) is 43.6 Å². The lowest BCUT2D eigenvalue weighted by Crippen LogP contribution is -2.39. The molecule has 0 radical (unpaired) electrons. The molecule has 8 nitrogen and oxygen atoms in total. The number of sulfonamides is 1. The van der Waals surface area contributed by atoms with Gasteiger partial charge in [0.05, 0.1) is 15.9 Å². The minimum Gasteiger partial charge on any atom is -0.388 e. The summed E-state index contributed by atoms with van der Waals surface area (Å²) in [5.41, 5.74) is 1.12. The van der Waals surface area contributed by atoms with Gasteiger partial charge in [0.25, 0.3) is 5.69 Å². The summed E-state index contributed by atoms with van der Waals surface area (Å²) in [5.74, 6) is 0.346. The van der Waals surface area contributed by atoms with Crippen molar-refractivity contribution >= 4 is 21.4 Å². The molecule has 0 aromatic heterocycles. The number of nitro groups is 1. The highest BCUT2D eigenvalue weighted by molar-refractivity contribution is 7.89. The van der Waals surface area contributed by atoms with Gasteiger partial charge in [-0.05, 0) is 55.2 Å². The number of hydrogen-bond acceptors (Lipinski definition) is 6. The van der Waals surface area contributed by atoms with E-state index < -0.39 is 21.1 Å². The first-order chi connectivity index (χ1) is 15.8. The third-order valence-corrected chi connectivity index (χ3v) is 8.73. The smallest absolute Gasteiger partial charge is 0.293 e. The zero-order valence-corrected chi connectivity index (χ0v) is 19.7. The Hall–Kier alpha value is -2.49. The Morgan fingerprint density at radius 3 is 2.39 bits per heavy atom. The van der Waals surface area contributed by atoms with Gasteiger partial charge in [-0.15, -0.1) is 0 Å². The molecular weight excluding hydrogens is 442 g/mol. The van der Waals surface area contributed by atoms with Crippen molar-refractivity contribution in [2.75, 3.05) is 31.1 Å². The lowest BCUT2D eigenvalue weighted by atomic mass is 9.87. The van der Waals surface area contributed by atoms with E-state index in [-0.39, 0.29) is 22.4 Å². The Bertz CT molecular complexity index is 1080. The molecule has 9 heteroatoms. The molecule has 1 N–H and O–H groups in total. The molecule has 2 saturated heterocycles. The van der Waals surface area contributed by atoms with Crippen LogP contribution in [0.5, 0.6) is 0 Å². The first-order valence-electron chi connectivity index (χ1n) is 11.5. The van der Waals surface area contributed by atoms with E-state index >= 15 is 0 Å². The quantitative estimate of drug-likeness (QED) is 0.503. The molecule has 0 saturated carbocycles. The average Bonchev–Trinajstić information content (AvgIpc) is 2.84. The van der Waals surface area contributed by atoms with E-state index in [4.69, 9.17) is 0 Å². The second-order valence-electron chi connectivity index (χ2n) is 9.20. The van der Waals surface area contributed by atoms with Crippen molar-refractivity contribution in [1.82, 2.24) is 4.31 Å². The number of anilines is 1. The average molecular weight is 474 g/mol. The van der Waals surface area contributed by atoms with Crippen molar-refractivity contribution in [3.63, 3.8) is 0 Å². The van der Waals surface area contributed by atoms with Crippen LogP contribution in [0, 0.1) is 22.0 Å². The molecule has 2 aromatic carbocycles. The molecule has 2 aliphatic rings. The lowest BCUT2D eigenvalue weighted by Gasteiger charge is -2.35. The van der Waals surface area contributed by atoms with Gasteiger partial charge in [0, 0.05) is 32.2 Å². The van der Waals surface area contributed by atoms with Gasteiger partial charge >= 0.3 is 0 Å². The van der Waals surface area contributed by atoms with Crippen LogP contribution in [-0.2, 0) is 10.0 Å². The molecule has 4 rings (SSSR count). The Kier molecular flexibility index (Phi) is 7.02. The van der Waals surface area contributed by atoms with E-state index in [2.05, 4.69) is 0 Å². The maximum Gasteiger partial charge on any atom is 0.293 e. The molecule has 0 unspecified atom stereocenters. The van der Waals surface area contributed by atoms with E-state index in [9.17, 15) is 23.6 Å². The topological polar surface area (TPSA) is 104 Å². The number of rotatable bonds is 6. The highest BCUT2D eigenvalue weighted by Crippen LogP contribution is 2.37. The lowest BCUT2D eigenvalue weighted by molar-refractivity contribution is -0.384. The van der Waals surface area contributed by atoms with Crippen molar-refractivity contribution < 1.29 is 18.4 Å². The molecule has 0 amide bonds. The zero-order valence-electron chi connectivity index (χ0n) is 18.8. The third kappa shape index (κ3) is 5.05. The van der Waals surface area contributed by atoms with Crippen LogP contribution in [0.2, 0.25) is 0 Å². The largest absolute Gasteiger partial charge is 0.388 e. The molecule has 2 heterocycles. The summed E-state index contributed by atoms with van der Waals surface area (Å²) in [6, 6.07) is 13.8. The van der Waals surface area contributed by atoms with E-state index in [1.807, 2.05) is 42.2 Å². The minimum absolute atomic E-state index is 0.0264. The number of aliphatic hydroxyl groups is 1. The number of benzene rings is 2. The molecule has 2 aromatic rings. The van der Waals surface area contributed by atoms with Crippen LogP contribution >= 0.6 is 0 Å². The standard InChI is InChI=1S/C24H31N3O5S/c1-18-6-5-13-26(17-18)33(31,32)21-9-10-22(23(16-21)27(29)30)25-14-11-20(12-15-25)24(28)19-7-3-2-4-8-19/h2-4,7-10,16,18,20,24,28H,5-6,11-15,17H2,1H3/t18-,24+/m0/s1. The van der Waals surface area contributed by atoms with Crippen LogP contribution in [0.4, 0.5) is 11.4 Å². The number of nitro benzene ring substituents is 1. The number of piperidine rings is 2. The number of nitrogens with zero attached hydrogens (tertiary/aromatic N) is 3. The van der Waals surface area contributed by atoms with Crippen molar-refractivity contribution in [1.29, 1.82) is 0 Å². The molecule has 178 valence electrons. The van der Waals surface area contributed by atoms with Crippen LogP contribution in [-0.4, -0.2) is 48.9 Å². The van der Waals surface area contributed by atoms with E-state index in [1.54, 1.807) is 6.07 Å². The summed E-state index contributed by atoms with van der Waals surface area (Å²) in [6.45, 7) is 4.02. The second-order valence-corrected chi connectivity index (χ2v) is 11.1. The maximum absolute atomic E-state index is 13.1. The highest BCUT2D eigenvalue weighted by atomic mass is 32.2. The molecule has 0 bridgehead atoms. The van der Waals surface area contributed by atoms with Gasteiger partial charge < -0.3 is 10.0 Å². The Balaban J connectivity index is 1.51. The fourth-order valence-electron chi connectivity index (χ4n) is 4.97. The predicted octanol–water partition coefficient (Wildman–Crippen LogP) is 3.97. The van der Waals surface area contributed by atoms with Crippen LogP contribution in [0.1, 0.15) is 44.3 Å². The molecule has 2 atom stereocenters. The summed E-state index contributed by atoms with van der Waals surface area (Å²) in [7, 11) is -3.77. The summed E-state index contributed by atoms with van der Waals surface area (Å²) >= 11 is 0. The third-order valence-electron chi connectivity index (χ3n) is 6.87. The summed E-state index contributed by atoms with van der Waals surface area (Å²) in [4.78, 5) is 13.3. The minimum atomic E-state index is -3.77. The van der Waals surface area contributed by atoms with Crippen LogP contribution in [0.3, 0.4) is 0 Å². The molecule has 0 spiro atoms. The number of hydrogen-bond donors (Lipinski definition) is 1. The fraction of sp³-hybridized carbons (Fsp3) is 0.500. The van der Waals surface area contributed by atoms with Crippen molar-refractivity contribution in [3.05, 3.63) is 64.2 Å². The fourth-order valence-corrected chi connectivity index (χ4v) is 6.59. The highest BCUT2D eigenvalue weighted by Gasteiger charge is 2.33. The molecule has 2 fully saturated rings. The zero-order chi connectivity index (χ0) is 23.6. The van der Waals surface area contributed by atoms with E-state index in [0.29, 0.717) is 44.7 Å². The van der Waals surface area contributed by atoms with Crippen LogP contribution < -0.4 is 4.90 Å². The van der Waals surface area contributed by atoms with Crippen LogP contribution in [0.25, 0.3) is 0 Å². The molecule has 33 heavy (non-hydrogen) atoms. The Morgan fingerprint density at radius 1 is 1.06 bits per heavy atom. The first kappa shape index (κ1) is 23.7. The predicted molar refractivity (Wildman–Crippen MR) is 127 cm³/mol. The second kappa shape index (κ2) is 9.79. The van der Waals surface area contributed by atoms with E-state index in [0.717, 1.165) is 18.4 Å². The summed E-state index contributed by atoms with van der Waals surface area (Å²) < 4.78 is 27.7. The molecule has 2 aliphatic heterocycles. The SMILES string of the molecule is C[C@H]1CCCN(S(=O)(=O)c2ccc(N3CCC([C@H](O)c4ccccc4)CC3)c([N+](=O)[O-])c2)C1. The molecular formula is C24H31N3O5S. The normalized spacial score (nSPS) is 21.6. The summed E-state index contributed by atoms with van der Waals surface area (Å²) in [5, 5.41) is 22.6. The van der Waals surface area contributed by atoms with Crippen LogP contribution in [0.15, 0.2) is 53.4 Å². The van der Waals surface area contributed by atoms with Gasteiger partial charge in [-0.3, -0.25) is 10.1 Å². The Labute approximate surface area is 195 Å². The van der Waals surface area contributed by atoms with Crippen molar-refractivity contribution in [3.8, 4) is 0 Å². The monoisotopic (exact) mass is 473 g/mol. The van der Waals surface area contributed by atoms with Gasteiger partial charge in [-0.1, -0.05) is 37.3 Å². The maximum atomic E-state index is 13.1. The summed E-state index contributed by atoms with van der Waals surface area (Å²) in [6.07, 6.45) is 2.60. The van der Waals surface area contributed by atoms with Gasteiger partial charge in [0.2, 0.25) is 10.0 Å². The number of aliphatic hydroxyl groups excluding tert-OH is 1. The Morgan fingerprint density at radius 2 is 1.76 bits per heavy atom. The van der Waals surface area contributed by atoms with Gasteiger partial charge in [0.15, 0.2) is 0 Å². The first-order valence-corrected chi connectivity index (χ1v) is 13.0. The van der Waals surface area contributed by atoms with Gasteiger partial charge in [-0.2, -0.15) is 4.31 Å². The molecule has 0 aliphatic carbocycles. The van der Waals surface area contributed by atoms with E-state index in [1.165, 1.54) is 16.4 Å². The van der Waals surface area contributed by atoms with Gasteiger partial charge in [-0.25, -0.2) is 8.42 Å².